The number of unbranched alkanes of at least 4 members (excludes halogenated alkanes) is 2. The Bertz CT molecular complexity index is 1210. The number of hydrogen-bond acceptors (Lipinski definition) is 6. The second-order valence-electron chi connectivity index (χ2n) is 8.58. The molecule has 3 aromatic rings. The molecule has 3 N–H and O–H groups in total. The molecule has 1 aliphatic rings. The minimum absolute atomic E-state index is 0.122. The predicted molar refractivity (Wildman–Crippen MR) is 133 cm³/mol. The van der Waals surface area contributed by atoms with E-state index in [1.54, 1.807) is 22.9 Å². The van der Waals surface area contributed by atoms with Crippen molar-refractivity contribution >= 4 is 40.3 Å². The van der Waals surface area contributed by atoms with E-state index in [0.29, 0.717) is 53.7 Å². The van der Waals surface area contributed by atoms with E-state index in [2.05, 4.69) is 15.4 Å². The summed E-state index contributed by atoms with van der Waals surface area (Å²) in [6.07, 6.45) is 8.74. The quantitative estimate of drug-likeness (QED) is 0.245. The highest BCUT2D eigenvalue weighted by molar-refractivity contribution is 7.99. The molecule has 1 aliphatic carbocycles. The fraction of sp³-hybridized carbons (Fsp3) is 0.458. The van der Waals surface area contributed by atoms with Crippen molar-refractivity contribution in [3.63, 3.8) is 0 Å². The topological polar surface area (TPSA) is 125 Å². The van der Waals surface area contributed by atoms with Gasteiger partial charge in [0.15, 0.2) is 5.16 Å². The molecule has 9 nitrogen and oxygen atoms in total. The van der Waals surface area contributed by atoms with Crippen molar-refractivity contribution in [3.05, 3.63) is 46.9 Å². The molecule has 4 rings (SSSR count). The molecule has 1 fully saturated rings. The van der Waals surface area contributed by atoms with Gasteiger partial charge in [0.25, 0.3) is 5.56 Å². The number of benzene rings is 1. The van der Waals surface area contributed by atoms with Gasteiger partial charge in [-0.15, -0.1) is 0 Å². The Hall–Kier alpha value is -3.14. The third-order valence-electron chi connectivity index (χ3n) is 6.07. The van der Waals surface area contributed by atoms with Crippen LogP contribution in [0.2, 0.25) is 0 Å². The van der Waals surface area contributed by atoms with E-state index >= 15 is 0 Å². The third-order valence-corrected chi connectivity index (χ3v) is 7.05. The minimum atomic E-state index is -0.318. The van der Waals surface area contributed by atoms with E-state index in [-0.39, 0.29) is 23.1 Å². The molecule has 0 atom stereocenters. The Kier molecular flexibility index (Phi) is 7.99. The molecular weight excluding hydrogens is 452 g/mol. The van der Waals surface area contributed by atoms with Gasteiger partial charge in [0, 0.05) is 19.0 Å². The molecule has 0 unspecified atom stereocenters. The van der Waals surface area contributed by atoms with Crippen molar-refractivity contribution in [2.24, 2.45) is 5.73 Å². The lowest BCUT2D eigenvalue weighted by Crippen LogP contribution is -2.25. The maximum absolute atomic E-state index is 13.1. The van der Waals surface area contributed by atoms with Crippen LogP contribution in [-0.2, 0) is 16.1 Å². The lowest BCUT2D eigenvalue weighted by Gasteiger charge is -2.15. The average molecular weight is 483 g/mol. The van der Waals surface area contributed by atoms with Crippen LogP contribution >= 0.6 is 11.8 Å². The summed E-state index contributed by atoms with van der Waals surface area (Å²) in [6.45, 7) is 0.466. The molecule has 0 aliphatic heterocycles. The van der Waals surface area contributed by atoms with Crippen molar-refractivity contribution < 1.29 is 9.59 Å². The highest BCUT2D eigenvalue weighted by Gasteiger charge is 2.21. The monoisotopic (exact) mass is 482 g/mol. The van der Waals surface area contributed by atoms with Crippen LogP contribution in [0.5, 0.6) is 0 Å². The molecule has 0 spiro atoms. The van der Waals surface area contributed by atoms with Crippen molar-refractivity contribution in [2.75, 3.05) is 11.1 Å². The van der Waals surface area contributed by atoms with Gasteiger partial charge in [0.05, 0.1) is 28.9 Å². The van der Waals surface area contributed by atoms with Gasteiger partial charge < -0.3 is 11.1 Å². The number of primary amides is 1. The summed E-state index contributed by atoms with van der Waals surface area (Å²) >= 11 is 1.25. The molecular formula is C24H30N6O3S. The van der Waals surface area contributed by atoms with Gasteiger partial charge in [0.1, 0.15) is 5.82 Å². The normalized spacial score (nSPS) is 14.0. The Morgan fingerprint density at radius 1 is 1.12 bits per heavy atom. The number of para-hydroxylation sites is 1. The molecule has 10 heteroatoms. The van der Waals surface area contributed by atoms with Crippen LogP contribution in [0, 0.1) is 0 Å². The maximum Gasteiger partial charge on any atom is 0.262 e. The van der Waals surface area contributed by atoms with Crippen LogP contribution in [-0.4, -0.2) is 36.9 Å². The number of amides is 2. The van der Waals surface area contributed by atoms with E-state index in [1.165, 1.54) is 24.6 Å². The van der Waals surface area contributed by atoms with Crippen molar-refractivity contribution in [2.45, 2.75) is 69.1 Å². The van der Waals surface area contributed by atoms with E-state index < -0.39 is 0 Å². The number of fused-ring (bicyclic) bond motifs is 1. The van der Waals surface area contributed by atoms with Crippen molar-refractivity contribution in [1.82, 2.24) is 19.3 Å². The molecule has 34 heavy (non-hydrogen) atoms. The average Bonchev–Trinajstić information content (AvgIpc) is 3.50. The zero-order valence-electron chi connectivity index (χ0n) is 19.1. The van der Waals surface area contributed by atoms with Gasteiger partial charge in [0.2, 0.25) is 11.8 Å². The number of nitrogens with two attached hydrogens (primary N) is 1. The molecule has 0 saturated heterocycles. The van der Waals surface area contributed by atoms with Crippen LogP contribution < -0.4 is 16.6 Å². The highest BCUT2D eigenvalue weighted by Crippen LogP contribution is 2.31. The van der Waals surface area contributed by atoms with Gasteiger partial charge >= 0.3 is 0 Å². The molecule has 2 heterocycles. The zero-order valence-corrected chi connectivity index (χ0v) is 19.9. The van der Waals surface area contributed by atoms with Crippen LogP contribution in [0.25, 0.3) is 10.9 Å². The number of carbonyl (C=O) groups excluding carboxylic acids is 2. The molecule has 2 amide bonds. The largest absolute Gasteiger partial charge is 0.370 e. The third kappa shape index (κ3) is 5.85. The van der Waals surface area contributed by atoms with Gasteiger partial charge in [-0.05, 0) is 37.8 Å². The zero-order chi connectivity index (χ0) is 23.9. The SMILES string of the molecule is NC(=O)CCCCCn1c(SCC(=O)Nc2ccnn2C2CCCC2)nc2ccccc2c1=O. The smallest absolute Gasteiger partial charge is 0.262 e. The number of aromatic nitrogens is 4. The number of nitrogens with one attached hydrogen (secondary N) is 1. The van der Waals surface area contributed by atoms with Gasteiger partial charge in [-0.2, -0.15) is 5.10 Å². The lowest BCUT2D eigenvalue weighted by molar-refractivity contribution is -0.118. The van der Waals surface area contributed by atoms with Crippen LogP contribution in [0.15, 0.2) is 46.5 Å². The fourth-order valence-corrected chi connectivity index (χ4v) is 5.19. The van der Waals surface area contributed by atoms with Gasteiger partial charge in [-0.3, -0.25) is 19.0 Å². The van der Waals surface area contributed by atoms with Crippen LogP contribution in [0.1, 0.15) is 57.4 Å². The first-order chi connectivity index (χ1) is 16.5. The summed E-state index contributed by atoms with van der Waals surface area (Å²) in [5.74, 6) is 0.347. The Morgan fingerprint density at radius 2 is 1.91 bits per heavy atom. The van der Waals surface area contributed by atoms with E-state index in [4.69, 9.17) is 5.73 Å². The second kappa shape index (κ2) is 11.3. The van der Waals surface area contributed by atoms with Crippen LogP contribution in [0.3, 0.4) is 0 Å². The number of hydrogen-bond donors (Lipinski definition) is 2. The standard InChI is InChI=1S/C24H30N6O3S/c25-20(31)12-2-1-7-15-29-23(33)18-10-5-6-11-19(18)27-24(29)34-16-22(32)28-21-13-14-26-30(21)17-8-3-4-9-17/h5-6,10-11,13-14,17H,1-4,7-9,12,15-16H2,(H2,25,31)(H,28,32). The summed E-state index contributed by atoms with van der Waals surface area (Å²) in [4.78, 5) is 41.5. The molecule has 2 aromatic heterocycles. The van der Waals surface area contributed by atoms with Crippen molar-refractivity contribution in [3.8, 4) is 0 Å². The van der Waals surface area contributed by atoms with Gasteiger partial charge in [-0.25, -0.2) is 9.67 Å². The molecule has 0 bridgehead atoms. The molecule has 1 aromatic carbocycles. The molecule has 0 radical (unpaired) electrons. The maximum atomic E-state index is 13.1. The number of nitrogens with zero attached hydrogens (tertiary/aromatic N) is 4. The summed E-state index contributed by atoms with van der Waals surface area (Å²) in [6, 6.07) is 9.37. The van der Waals surface area contributed by atoms with E-state index in [9.17, 15) is 14.4 Å². The second-order valence-corrected chi connectivity index (χ2v) is 9.52. The number of carbonyl (C=O) groups is 2. The number of thioether (sulfide) groups is 1. The summed E-state index contributed by atoms with van der Waals surface area (Å²) in [5.41, 5.74) is 5.69. The first-order valence-corrected chi connectivity index (χ1v) is 12.8. The molecule has 180 valence electrons. The Balaban J connectivity index is 1.45. The Morgan fingerprint density at radius 3 is 2.71 bits per heavy atom. The first-order valence-electron chi connectivity index (χ1n) is 11.8. The summed E-state index contributed by atoms with van der Waals surface area (Å²) in [5, 5.41) is 8.42. The van der Waals surface area contributed by atoms with Gasteiger partial charge in [-0.1, -0.05) is 43.2 Å². The lowest BCUT2D eigenvalue weighted by atomic mass is 10.2. The minimum Gasteiger partial charge on any atom is -0.370 e. The number of anilines is 1. The predicted octanol–water partition coefficient (Wildman–Crippen LogP) is 3.48. The first kappa shape index (κ1) is 24.0. The summed E-state index contributed by atoms with van der Waals surface area (Å²) < 4.78 is 3.54. The number of rotatable bonds is 11. The highest BCUT2D eigenvalue weighted by atomic mass is 32.2. The fourth-order valence-electron chi connectivity index (χ4n) is 4.36. The summed E-state index contributed by atoms with van der Waals surface area (Å²) in [7, 11) is 0. The van der Waals surface area contributed by atoms with E-state index in [1.807, 2.05) is 22.9 Å². The van der Waals surface area contributed by atoms with Crippen LogP contribution in [0.4, 0.5) is 5.82 Å². The van der Waals surface area contributed by atoms with Crippen molar-refractivity contribution in [1.29, 1.82) is 0 Å². The molecule has 1 saturated carbocycles. The van der Waals surface area contributed by atoms with E-state index in [0.717, 1.165) is 19.3 Å². The Labute approximate surface area is 202 Å².